The first kappa shape index (κ1) is 16.5. The summed E-state index contributed by atoms with van der Waals surface area (Å²) in [4.78, 5) is 16.4. The smallest absolute Gasteiger partial charge is 0.246 e. The van der Waals surface area contributed by atoms with Gasteiger partial charge in [-0.15, -0.1) is 0 Å². The fourth-order valence-corrected chi connectivity index (χ4v) is 3.08. The summed E-state index contributed by atoms with van der Waals surface area (Å²) in [5.41, 5.74) is 3.17. The highest BCUT2D eigenvalue weighted by atomic mass is 16.5. The number of hydrogen-bond donors (Lipinski definition) is 2. The maximum absolute atomic E-state index is 12.0. The fourth-order valence-electron chi connectivity index (χ4n) is 3.08. The molecule has 1 saturated heterocycles. The number of aromatic nitrogens is 2. The lowest BCUT2D eigenvalue weighted by atomic mass is 10.0. The van der Waals surface area contributed by atoms with Gasteiger partial charge in [-0.25, -0.2) is 0 Å². The number of carbonyl (C=O) groups is 1. The van der Waals surface area contributed by atoms with Crippen molar-refractivity contribution in [2.75, 3.05) is 6.54 Å². The molecule has 0 spiro atoms. The Morgan fingerprint density at radius 3 is 2.54 bits per heavy atom. The van der Waals surface area contributed by atoms with Crippen LogP contribution in [0.2, 0.25) is 0 Å². The van der Waals surface area contributed by atoms with Gasteiger partial charge >= 0.3 is 0 Å². The molecule has 1 aliphatic rings. The van der Waals surface area contributed by atoms with Crippen LogP contribution in [0.15, 0.2) is 59.1 Å². The van der Waals surface area contributed by atoms with Crippen LogP contribution >= 0.6 is 0 Å². The van der Waals surface area contributed by atoms with E-state index in [0.29, 0.717) is 11.7 Å². The van der Waals surface area contributed by atoms with Crippen LogP contribution in [0.5, 0.6) is 0 Å². The van der Waals surface area contributed by atoms with Gasteiger partial charge in [0.25, 0.3) is 0 Å². The molecular weight excluding hydrogens is 328 g/mol. The summed E-state index contributed by atoms with van der Waals surface area (Å²) in [5, 5.41) is 10.0. The van der Waals surface area contributed by atoms with Gasteiger partial charge in [-0.2, -0.15) is 4.98 Å². The van der Waals surface area contributed by atoms with Gasteiger partial charge in [-0.05, 0) is 30.5 Å². The van der Waals surface area contributed by atoms with E-state index >= 15 is 0 Å². The highest BCUT2D eigenvalue weighted by Gasteiger charge is 2.22. The first-order valence-corrected chi connectivity index (χ1v) is 8.79. The molecule has 1 fully saturated rings. The number of hydrogen-bond acceptors (Lipinski definition) is 5. The molecule has 2 N–H and O–H groups in total. The first-order valence-electron chi connectivity index (χ1n) is 8.79. The molecule has 4 rings (SSSR count). The molecule has 2 aromatic carbocycles. The van der Waals surface area contributed by atoms with Crippen molar-refractivity contribution in [3.8, 4) is 22.5 Å². The van der Waals surface area contributed by atoms with Crippen molar-refractivity contribution in [3.63, 3.8) is 0 Å². The van der Waals surface area contributed by atoms with E-state index in [2.05, 4.69) is 32.9 Å². The molecule has 6 nitrogen and oxygen atoms in total. The van der Waals surface area contributed by atoms with Crippen LogP contribution in [-0.2, 0) is 11.3 Å². The molecule has 132 valence electrons. The van der Waals surface area contributed by atoms with Crippen molar-refractivity contribution in [1.29, 1.82) is 0 Å². The summed E-state index contributed by atoms with van der Waals surface area (Å²) in [6, 6.07) is 18.1. The topological polar surface area (TPSA) is 80.1 Å². The van der Waals surface area contributed by atoms with E-state index < -0.39 is 0 Å². The van der Waals surface area contributed by atoms with Crippen molar-refractivity contribution in [1.82, 2.24) is 20.8 Å². The van der Waals surface area contributed by atoms with Crippen LogP contribution < -0.4 is 10.6 Å². The molecular formula is C20H20N4O2. The van der Waals surface area contributed by atoms with Crippen molar-refractivity contribution in [2.45, 2.75) is 25.4 Å². The van der Waals surface area contributed by atoms with Crippen LogP contribution in [0.25, 0.3) is 22.5 Å². The van der Waals surface area contributed by atoms with Gasteiger partial charge in [0, 0.05) is 5.56 Å². The van der Waals surface area contributed by atoms with Crippen LogP contribution in [0.1, 0.15) is 18.7 Å². The molecule has 6 heteroatoms. The summed E-state index contributed by atoms with van der Waals surface area (Å²) in [5.74, 6) is 0.904. The minimum Gasteiger partial charge on any atom is -0.346 e. The van der Waals surface area contributed by atoms with Crippen LogP contribution in [0.3, 0.4) is 0 Å². The molecule has 1 aromatic heterocycles. The summed E-state index contributed by atoms with van der Waals surface area (Å²) in [6.07, 6.45) is 1.90. The lowest BCUT2D eigenvalue weighted by molar-refractivity contribution is -0.123. The molecule has 0 saturated carbocycles. The predicted octanol–water partition coefficient (Wildman–Crippen LogP) is 2.77. The molecule has 0 bridgehead atoms. The van der Waals surface area contributed by atoms with E-state index in [1.807, 2.05) is 42.5 Å². The third-order valence-corrected chi connectivity index (χ3v) is 4.51. The van der Waals surface area contributed by atoms with E-state index in [1.54, 1.807) is 0 Å². The Morgan fingerprint density at radius 2 is 1.81 bits per heavy atom. The van der Waals surface area contributed by atoms with E-state index in [0.717, 1.165) is 36.1 Å². The van der Waals surface area contributed by atoms with E-state index in [4.69, 9.17) is 4.52 Å². The van der Waals surface area contributed by atoms with Crippen LogP contribution in [0.4, 0.5) is 0 Å². The lowest BCUT2D eigenvalue weighted by Gasteiger charge is -2.08. The van der Waals surface area contributed by atoms with Gasteiger partial charge in [-0.1, -0.05) is 59.8 Å². The average molecular weight is 348 g/mol. The number of nitrogens with zero attached hydrogens (tertiary/aromatic N) is 2. The molecule has 1 atom stereocenters. The van der Waals surface area contributed by atoms with E-state index in [1.165, 1.54) is 0 Å². The van der Waals surface area contributed by atoms with E-state index in [-0.39, 0.29) is 18.5 Å². The van der Waals surface area contributed by atoms with Gasteiger partial charge in [0.05, 0.1) is 12.6 Å². The second-order valence-electron chi connectivity index (χ2n) is 6.32. The standard InChI is InChI=1S/C20H20N4O2/c25-20(17-7-4-12-21-17)22-13-18-23-19(24-26-18)16-10-8-15(9-11-16)14-5-2-1-3-6-14/h1-3,5-6,8-11,17,21H,4,7,12-13H2,(H,22,25). The number of amides is 1. The quantitative estimate of drug-likeness (QED) is 0.741. The Balaban J connectivity index is 1.40. The highest BCUT2D eigenvalue weighted by Crippen LogP contribution is 2.23. The van der Waals surface area contributed by atoms with E-state index in [9.17, 15) is 4.79 Å². The lowest BCUT2D eigenvalue weighted by Crippen LogP contribution is -2.40. The van der Waals surface area contributed by atoms with Gasteiger partial charge < -0.3 is 15.2 Å². The molecule has 3 aromatic rings. The molecule has 1 unspecified atom stereocenters. The Hall–Kier alpha value is -2.99. The van der Waals surface area contributed by atoms with Gasteiger partial charge in [0.2, 0.25) is 17.6 Å². The third kappa shape index (κ3) is 3.65. The van der Waals surface area contributed by atoms with Crippen molar-refractivity contribution >= 4 is 5.91 Å². The fraction of sp³-hybridized carbons (Fsp3) is 0.250. The molecule has 1 aliphatic heterocycles. The number of benzene rings is 2. The summed E-state index contributed by atoms with van der Waals surface area (Å²) >= 11 is 0. The maximum atomic E-state index is 12.0. The SMILES string of the molecule is O=C(NCc1nc(-c2ccc(-c3ccccc3)cc2)no1)C1CCCN1. The Labute approximate surface area is 151 Å². The minimum atomic E-state index is -0.108. The Kier molecular flexibility index (Phi) is 4.75. The Morgan fingerprint density at radius 1 is 1.08 bits per heavy atom. The molecule has 0 aliphatic carbocycles. The van der Waals surface area contributed by atoms with Crippen molar-refractivity contribution < 1.29 is 9.32 Å². The largest absolute Gasteiger partial charge is 0.346 e. The monoisotopic (exact) mass is 348 g/mol. The second kappa shape index (κ2) is 7.49. The highest BCUT2D eigenvalue weighted by molar-refractivity contribution is 5.81. The molecule has 2 heterocycles. The molecule has 1 amide bonds. The van der Waals surface area contributed by atoms with Crippen molar-refractivity contribution in [3.05, 3.63) is 60.5 Å². The maximum Gasteiger partial charge on any atom is 0.246 e. The molecule has 26 heavy (non-hydrogen) atoms. The number of carbonyl (C=O) groups excluding carboxylic acids is 1. The summed E-state index contributed by atoms with van der Waals surface area (Å²) < 4.78 is 5.25. The minimum absolute atomic E-state index is 0.0190. The summed E-state index contributed by atoms with van der Waals surface area (Å²) in [6.45, 7) is 1.13. The zero-order chi connectivity index (χ0) is 17.8. The third-order valence-electron chi connectivity index (χ3n) is 4.51. The van der Waals surface area contributed by atoms with Crippen LogP contribution in [0, 0.1) is 0 Å². The first-order chi connectivity index (χ1) is 12.8. The van der Waals surface area contributed by atoms with Crippen LogP contribution in [-0.4, -0.2) is 28.6 Å². The summed E-state index contributed by atoms with van der Waals surface area (Å²) in [7, 11) is 0. The Bertz CT molecular complexity index is 868. The van der Waals surface area contributed by atoms with Gasteiger partial charge in [-0.3, -0.25) is 4.79 Å². The molecule has 0 radical (unpaired) electrons. The average Bonchev–Trinajstić information content (AvgIpc) is 3.39. The van der Waals surface area contributed by atoms with Gasteiger partial charge in [0.1, 0.15) is 0 Å². The zero-order valence-corrected chi connectivity index (χ0v) is 14.3. The normalized spacial score (nSPS) is 16.5. The van der Waals surface area contributed by atoms with Crippen molar-refractivity contribution in [2.24, 2.45) is 0 Å². The number of rotatable bonds is 5. The van der Waals surface area contributed by atoms with Gasteiger partial charge in [0.15, 0.2) is 0 Å². The number of nitrogens with one attached hydrogen (secondary N) is 2. The predicted molar refractivity (Wildman–Crippen MR) is 98.0 cm³/mol. The second-order valence-corrected chi connectivity index (χ2v) is 6.32. The zero-order valence-electron chi connectivity index (χ0n) is 14.3.